The number of carboxylic acids is 1. The standard InChI is InChI=1S/C14H22N2O4/c1-2-11-12(17)15-6-7-16(11)13(18)9-4-3-5-10(8-9)14(19)20/h9-11H,2-8H2,1H3,(H,15,17)(H,19,20)/t9-,10-,11+/m0/s1. The summed E-state index contributed by atoms with van der Waals surface area (Å²) in [7, 11) is 0. The van der Waals surface area contributed by atoms with Crippen molar-refractivity contribution in [2.24, 2.45) is 11.8 Å². The number of aliphatic carboxylic acids is 1. The van der Waals surface area contributed by atoms with Gasteiger partial charge in [-0.25, -0.2) is 0 Å². The number of carboxylic acid groups (broad SMARTS) is 1. The molecule has 1 aliphatic heterocycles. The van der Waals surface area contributed by atoms with E-state index in [1.165, 1.54) is 0 Å². The maximum absolute atomic E-state index is 12.6. The van der Waals surface area contributed by atoms with Crippen molar-refractivity contribution in [2.45, 2.75) is 45.1 Å². The van der Waals surface area contributed by atoms with Gasteiger partial charge in [-0.05, 0) is 25.7 Å². The van der Waals surface area contributed by atoms with Crippen LogP contribution < -0.4 is 5.32 Å². The maximum Gasteiger partial charge on any atom is 0.306 e. The van der Waals surface area contributed by atoms with Crippen LogP contribution in [-0.4, -0.2) is 46.9 Å². The van der Waals surface area contributed by atoms with Crippen molar-refractivity contribution in [1.82, 2.24) is 10.2 Å². The van der Waals surface area contributed by atoms with Gasteiger partial charge in [0, 0.05) is 19.0 Å². The fourth-order valence-electron chi connectivity index (χ4n) is 3.26. The molecule has 3 atom stereocenters. The van der Waals surface area contributed by atoms with E-state index in [4.69, 9.17) is 5.11 Å². The van der Waals surface area contributed by atoms with Gasteiger partial charge in [0.25, 0.3) is 0 Å². The number of nitrogens with one attached hydrogen (secondary N) is 1. The van der Waals surface area contributed by atoms with Gasteiger partial charge in [-0.1, -0.05) is 13.3 Å². The zero-order chi connectivity index (χ0) is 14.7. The second-order valence-corrected chi connectivity index (χ2v) is 5.65. The highest BCUT2D eigenvalue weighted by molar-refractivity contribution is 5.89. The Morgan fingerprint density at radius 2 is 2.05 bits per heavy atom. The van der Waals surface area contributed by atoms with Crippen LogP contribution in [0.3, 0.4) is 0 Å². The van der Waals surface area contributed by atoms with E-state index in [0.29, 0.717) is 32.4 Å². The number of hydrogen-bond donors (Lipinski definition) is 2. The molecule has 0 aromatic heterocycles. The van der Waals surface area contributed by atoms with Crippen LogP contribution >= 0.6 is 0 Å². The summed E-state index contributed by atoms with van der Waals surface area (Å²) in [5.74, 6) is -1.62. The van der Waals surface area contributed by atoms with E-state index in [1.807, 2.05) is 6.92 Å². The molecule has 6 heteroatoms. The number of carbonyl (C=O) groups is 3. The van der Waals surface area contributed by atoms with E-state index in [-0.39, 0.29) is 17.7 Å². The van der Waals surface area contributed by atoms with E-state index in [1.54, 1.807) is 4.90 Å². The lowest BCUT2D eigenvalue weighted by molar-refractivity contribution is -0.150. The minimum Gasteiger partial charge on any atom is -0.481 e. The third-order valence-corrected chi connectivity index (χ3v) is 4.37. The molecule has 0 unspecified atom stereocenters. The lowest BCUT2D eigenvalue weighted by Crippen LogP contribution is -2.58. The highest BCUT2D eigenvalue weighted by Crippen LogP contribution is 2.31. The summed E-state index contributed by atoms with van der Waals surface area (Å²) in [6, 6.07) is -0.401. The fraction of sp³-hybridized carbons (Fsp3) is 0.786. The predicted octanol–water partition coefficient (Wildman–Crippen LogP) is 0.614. The van der Waals surface area contributed by atoms with Crippen LogP contribution in [0.5, 0.6) is 0 Å². The average molecular weight is 282 g/mol. The van der Waals surface area contributed by atoms with Gasteiger partial charge in [-0.3, -0.25) is 14.4 Å². The van der Waals surface area contributed by atoms with Crippen LogP contribution in [0.25, 0.3) is 0 Å². The Labute approximate surface area is 118 Å². The molecular weight excluding hydrogens is 260 g/mol. The molecule has 112 valence electrons. The van der Waals surface area contributed by atoms with E-state index >= 15 is 0 Å². The predicted molar refractivity (Wildman–Crippen MR) is 71.9 cm³/mol. The second-order valence-electron chi connectivity index (χ2n) is 5.65. The van der Waals surface area contributed by atoms with Gasteiger partial charge >= 0.3 is 5.97 Å². The van der Waals surface area contributed by atoms with Crippen molar-refractivity contribution in [3.63, 3.8) is 0 Å². The van der Waals surface area contributed by atoms with Crippen LogP contribution in [0.15, 0.2) is 0 Å². The summed E-state index contributed by atoms with van der Waals surface area (Å²) in [5.41, 5.74) is 0. The SMILES string of the molecule is CC[C@@H]1C(=O)NCCN1C(=O)[C@H]1CCC[C@H](C(=O)O)C1. The van der Waals surface area contributed by atoms with Crippen molar-refractivity contribution in [2.75, 3.05) is 13.1 Å². The summed E-state index contributed by atoms with van der Waals surface area (Å²) in [5, 5.41) is 11.9. The maximum atomic E-state index is 12.6. The third-order valence-electron chi connectivity index (χ3n) is 4.37. The monoisotopic (exact) mass is 282 g/mol. The Balaban J connectivity index is 2.05. The molecule has 1 heterocycles. The molecule has 6 nitrogen and oxygen atoms in total. The van der Waals surface area contributed by atoms with Crippen molar-refractivity contribution < 1.29 is 19.5 Å². The Morgan fingerprint density at radius 1 is 1.35 bits per heavy atom. The van der Waals surface area contributed by atoms with Gasteiger partial charge in [0.05, 0.1) is 5.92 Å². The van der Waals surface area contributed by atoms with E-state index in [2.05, 4.69) is 5.32 Å². The number of nitrogens with zero attached hydrogens (tertiary/aromatic N) is 1. The lowest BCUT2D eigenvalue weighted by Gasteiger charge is -2.38. The highest BCUT2D eigenvalue weighted by Gasteiger charge is 2.38. The van der Waals surface area contributed by atoms with Gasteiger partial charge in [0.15, 0.2) is 0 Å². The van der Waals surface area contributed by atoms with Gasteiger partial charge in [-0.15, -0.1) is 0 Å². The zero-order valence-electron chi connectivity index (χ0n) is 11.8. The Kier molecular flexibility index (Phi) is 4.62. The normalized spacial score (nSPS) is 30.8. The lowest BCUT2D eigenvalue weighted by atomic mass is 9.80. The van der Waals surface area contributed by atoms with Crippen LogP contribution in [0, 0.1) is 11.8 Å². The quantitative estimate of drug-likeness (QED) is 0.794. The van der Waals surface area contributed by atoms with Crippen molar-refractivity contribution >= 4 is 17.8 Å². The minimum absolute atomic E-state index is 0.0438. The number of amides is 2. The smallest absolute Gasteiger partial charge is 0.306 e. The topological polar surface area (TPSA) is 86.7 Å². The first kappa shape index (κ1) is 14.8. The average Bonchev–Trinajstić information content (AvgIpc) is 2.46. The molecule has 2 fully saturated rings. The van der Waals surface area contributed by atoms with Crippen molar-refractivity contribution in [1.29, 1.82) is 0 Å². The van der Waals surface area contributed by atoms with Crippen LogP contribution in [0.1, 0.15) is 39.0 Å². The molecule has 2 N–H and O–H groups in total. The van der Waals surface area contributed by atoms with E-state index in [9.17, 15) is 14.4 Å². The molecule has 0 bridgehead atoms. The summed E-state index contributed by atoms with van der Waals surface area (Å²) >= 11 is 0. The summed E-state index contributed by atoms with van der Waals surface area (Å²) in [4.78, 5) is 37.1. The number of carbonyl (C=O) groups excluding carboxylic acids is 2. The second kappa shape index (κ2) is 6.24. The van der Waals surface area contributed by atoms with Crippen molar-refractivity contribution in [3.8, 4) is 0 Å². The highest BCUT2D eigenvalue weighted by atomic mass is 16.4. The molecule has 2 aliphatic rings. The zero-order valence-corrected chi connectivity index (χ0v) is 11.8. The first-order valence-electron chi connectivity index (χ1n) is 7.35. The Hall–Kier alpha value is -1.59. The molecule has 1 saturated carbocycles. The molecule has 2 rings (SSSR count). The van der Waals surface area contributed by atoms with E-state index in [0.717, 1.165) is 12.8 Å². The number of rotatable bonds is 3. The Morgan fingerprint density at radius 3 is 2.70 bits per heavy atom. The van der Waals surface area contributed by atoms with E-state index < -0.39 is 17.9 Å². The molecule has 0 aromatic rings. The molecule has 20 heavy (non-hydrogen) atoms. The fourth-order valence-corrected chi connectivity index (χ4v) is 3.26. The van der Waals surface area contributed by atoms with Gasteiger partial charge in [0.2, 0.25) is 11.8 Å². The third kappa shape index (κ3) is 2.94. The molecular formula is C14H22N2O4. The summed E-state index contributed by atoms with van der Waals surface area (Å²) in [6.45, 7) is 2.89. The first-order valence-corrected chi connectivity index (χ1v) is 7.35. The first-order chi connectivity index (χ1) is 9.54. The molecule has 0 spiro atoms. The van der Waals surface area contributed by atoms with Gasteiger partial charge in [-0.2, -0.15) is 0 Å². The summed E-state index contributed by atoms with van der Waals surface area (Å²) < 4.78 is 0. The largest absolute Gasteiger partial charge is 0.481 e. The number of hydrogen-bond acceptors (Lipinski definition) is 3. The molecule has 2 amide bonds. The summed E-state index contributed by atoms with van der Waals surface area (Å²) in [6.07, 6.45) is 3.15. The van der Waals surface area contributed by atoms with Gasteiger partial charge < -0.3 is 15.3 Å². The molecule has 0 aromatic carbocycles. The van der Waals surface area contributed by atoms with Gasteiger partial charge in [0.1, 0.15) is 6.04 Å². The molecule has 0 radical (unpaired) electrons. The molecule has 1 aliphatic carbocycles. The minimum atomic E-state index is -0.814. The molecule has 1 saturated heterocycles. The van der Waals surface area contributed by atoms with Crippen LogP contribution in [0.2, 0.25) is 0 Å². The van der Waals surface area contributed by atoms with Crippen LogP contribution in [-0.2, 0) is 14.4 Å². The van der Waals surface area contributed by atoms with Crippen LogP contribution in [0.4, 0.5) is 0 Å². The van der Waals surface area contributed by atoms with Crippen molar-refractivity contribution in [3.05, 3.63) is 0 Å². The number of piperazine rings is 1. The Bertz CT molecular complexity index is 410.